The van der Waals surface area contributed by atoms with E-state index in [2.05, 4.69) is 5.32 Å². The molecule has 0 saturated carbocycles. The second-order valence-corrected chi connectivity index (χ2v) is 4.51. The molecular formula is C16H13F2NO3. The van der Waals surface area contributed by atoms with Crippen molar-refractivity contribution in [2.45, 2.75) is 6.92 Å². The van der Waals surface area contributed by atoms with Crippen molar-refractivity contribution in [3.05, 3.63) is 59.7 Å². The van der Waals surface area contributed by atoms with Gasteiger partial charge in [-0.15, -0.1) is 0 Å². The van der Waals surface area contributed by atoms with Crippen molar-refractivity contribution >= 4 is 17.4 Å². The zero-order chi connectivity index (χ0) is 16.1. The van der Waals surface area contributed by atoms with E-state index < -0.39 is 24.1 Å². The van der Waals surface area contributed by atoms with E-state index in [0.29, 0.717) is 17.3 Å². The van der Waals surface area contributed by atoms with Gasteiger partial charge < -0.3 is 10.1 Å². The number of benzene rings is 2. The normalized spacial score (nSPS) is 10.1. The molecule has 2 aromatic rings. The predicted octanol–water partition coefficient (Wildman–Crippen LogP) is 3.18. The highest BCUT2D eigenvalue weighted by atomic mass is 19.1. The first kappa shape index (κ1) is 15.6. The smallest absolute Gasteiger partial charge is 0.262 e. The summed E-state index contributed by atoms with van der Waals surface area (Å²) in [5, 5.41) is 2.51. The van der Waals surface area contributed by atoms with Crippen LogP contribution in [0.3, 0.4) is 0 Å². The molecule has 0 fully saturated rings. The van der Waals surface area contributed by atoms with Crippen LogP contribution in [0.25, 0.3) is 0 Å². The monoisotopic (exact) mass is 305 g/mol. The Morgan fingerprint density at radius 1 is 1.14 bits per heavy atom. The first-order valence-electron chi connectivity index (χ1n) is 6.45. The summed E-state index contributed by atoms with van der Waals surface area (Å²) in [7, 11) is 0. The van der Waals surface area contributed by atoms with Gasteiger partial charge in [0.05, 0.1) is 5.69 Å². The molecule has 2 rings (SSSR count). The lowest BCUT2D eigenvalue weighted by atomic mass is 10.1. The SMILES string of the molecule is CC(=O)c1ccccc1NC(=O)COc1ccc(F)cc1F. The Bertz CT molecular complexity index is 716. The van der Waals surface area contributed by atoms with Gasteiger partial charge >= 0.3 is 0 Å². The maximum Gasteiger partial charge on any atom is 0.262 e. The molecule has 0 unspecified atom stereocenters. The maximum absolute atomic E-state index is 13.4. The Labute approximate surface area is 125 Å². The van der Waals surface area contributed by atoms with Crippen LogP contribution in [0.15, 0.2) is 42.5 Å². The van der Waals surface area contributed by atoms with Gasteiger partial charge in [0.25, 0.3) is 5.91 Å². The van der Waals surface area contributed by atoms with Gasteiger partial charge in [-0.05, 0) is 31.2 Å². The zero-order valence-corrected chi connectivity index (χ0v) is 11.7. The lowest BCUT2D eigenvalue weighted by Crippen LogP contribution is -2.21. The van der Waals surface area contributed by atoms with Crippen molar-refractivity contribution in [3.8, 4) is 5.75 Å². The van der Waals surface area contributed by atoms with Crippen LogP contribution >= 0.6 is 0 Å². The van der Waals surface area contributed by atoms with E-state index in [1.807, 2.05) is 0 Å². The number of amides is 1. The van der Waals surface area contributed by atoms with Gasteiger partial charge in [-0.2, -0.15) is 0 Å². The van der Waals surface area contributed by atoms with E-state index in [4.69, 9.17) is 4.74 Å². The van der Waals surface area contributed by atoms with Crippen molar-refractivity contribution in [1.82, 2.24) is 0 Å². The van der Waals surface area contributed by atoms with Crippen LogP contribution in [0, 0.1) is 11.6 Å². The number of carbonyl (C=O) groups excluding carboxylic acids is 2. The van der Waals surface area contributed by atoms with Crippen molar-refractivity contribution in [2.75, 3.05) is 11.9 Å². The number of ketones is 1. The Kier molecular flexibility index (Phi) is 4.83. The lowest BCUT2D eigenvalue weighted by Gasteiger charge is -2.10. The number of ether oxygens (including phenoxy) is 1. The zero-order valence-electron chi connectivity index (χ0n) is 11.7. The minimum atomic E-state index is -0.892. The summed E-state index contributed by atoms with van der Waals surface area (Å²) in [6, 6.07) is 9.30. The largest absolute Gasteiger partial charge is 0.481 e. The molecule has 0 bridgehead atoms. The first-order chi connectivity index (χ1) is 10.5. The molecule has 0 aliphatic rings. The Hall–Kier alpha value is -2.76. The second kappa shape index (κ2) is 6.80. The van der Waals surface area contributed by atoms with Crippen LogP contribution < -0.4 is 10.1 Å². The molecule has 2 aromatic carbocycles. The summed E-state index contributed by atoms with van der Waals surface area (Å²) in [5.74, 6) is -2.60. The molecule has 0 atom stereocenters. The van der Waals surface area contributed by atoms with Gasteiger partial charge in [-0.25, -0.2) is 8.78 Å². The minimum Gasteiger partial charge on any atom is -0.481 e. The van der Waals surface area contributed by atoms with Gasteiger partial charge in [0.15, 0.2) is 24.0 Å². The fourth-order valence-electron chi connectivity index (χ4n) is 1.82. The predicted molar refractivity (Wildman–Crippen MR) is 76.9 cm³/mol. The molecule has 0 radical (unpaired) electrons. The molecule has 0 spiro atoms. The van der Waals surface area contributed by atoms with Gasteiger partial charge in [0.2, 0.25) is 0 Å². The van der Waals surface area contributed by atoms with E-state index in [9.17, 15) is 18.4 Å². The Morgan fingerprint density at radius 2 is 1.86 bits per heavy atom. The van der Waals surface area contributed by atoms with E-state index in [1.54, 1.807) is 24.3 Å². The standard InChI is InChI=1S/C16H13F2NO3/c1-10(20)12-4-2-3-5-14(12)19-16(21)9-22-15-7-6-11(17)8-13(15)18/h2-8H,9H2,1H3,(H,19,21). The van der Waals surface area contributed by atoms with E-state index in [1.165, 1.54) is 6.92 Å². The third-order valence-electron chi connectivity index (χ3n) is 2.83. The summed E-state index contributed by atoms with van der Waals surface area (Å²) in [5.41, 5.74) is 0.715. The summed E-state index contributed by atoms with van der Waals surface area (Å²) < 4.78 is 31.1. The first-order valence-corrected chi connectivity index (χ1v) is 6.45. The maximum atomic E-state index is 13.4. The third-order valence-corrected chi connectivity index (χ3v) is 2.83. The molecule has 0 aromatic heterocycles. The van der Waals surface area contributed by atoms with Crippen LogP contribution in [0.2, 0.25) is 0 Å². The van der Waals surface area contributed by atoms with Crippen LogP contribution in [0.4, 0.5) is 14.5 Å². The Morgan fingerprint density at radius 3 is 2.55 bits per heavy atom. The Balaban J connectivity index is 2.00. The molecule has 114 valence electrons. The van der Waals surface area contributed by atoms with Crippen molar-refractivity contribution in [2.24, 2.45) is 0 Å². The fourth-order valence-corrected chi connectivity index (χ4v) is 1.82. The number of para-hydroxylation sites is 1. The molecular weight excluding hydrogens is 292 g/mol. The van der Waals surface area contributed by atoms with Gasteiger partial charge in [-0.3, -0.25) is 9.59 Å². The van der Waals surface area contributed by atoms with Crippen molar-refractivity contribution in [3.63, 3.8) is 0 Å². The number of halogens is 2. The number of anilines is 1. The average molecular weight is 305 g/mol. The molecule has 6 heteroatoms. The van der Waals surface area contributed by atoms with Gasteiger partial charge in [0.1, 0.15) is 5.82 Å². The molecule has 0 saturated heterocycles. The number of rotatable bonds is 5. The van der Waals surface area contributed by atoms with Crippen molar-refractivity contribution < 1.29 is 23.1 Å². The molecule has 0 aliphatic heterocycles. The fraction of sp³-hybridized carbons (Fsp3) is 0.125. The van der Waals surface area contributed by atoms with E-state index in [-0.39, 0.29) is 11.5 Å². The molecule has 22 heavy (non-hydrogen) atoms. The van der Waals surface area contributed by atoms with Crippen LogP contribution in [0.1, 0.15) is 17.3 Å². The molecule has 4 nitrogen and oxygen atoms in total. The summed E-state index contributed by atoms with van der Waals surface area (Å²) in [6.45, 7) is 0.921. The number of Topliss-reactive ketones (excluding diaryl/α,β-unsaturated/α-hetero) is 1. The van der Waals surface area contributed by atoms with Gasteiger partial charge in [-0.1, -0.05) is 12.1 Å². The molecule has 0 heterocycles. The number of nitrogens with one attached hydrogen (secondary N) is 1. The van der Waals surface area contributed by atoms with Gasteiger partial charge in [0, 0.05) is 11.6 Å². The highest BCUT2D eigenvalue weighted by Gasteiger charge is 2.11. The minimum absolute atomic E-state index is 0.193. The number of hydrogen-bond acceptors (Lipinski definition) is 3. The number of hydrogen-bond donors (Lipinski definition) is 1. The summed E-state index contributed by atoms with van der Waals surface area (Å²) in [6.07, 6.45) is 0. The molecule has 1 amide bonds. The average Bonchev–Trinajstić information content (AvgIpc) is 2.46. The van der Waals surface area contributed by atoms with E-state index >= 15 is 0 Å². The molecule has 1 N–H and O–H groups in total. The number of carbonyl (C=O) groups is 2. The van der Waals surface area contributed by atoms with Crippen LogP contribution in [-0.4, -0.2) is 18.3 Å². The lowest BCUT2D eigenvalue weighted by molar-refractivity contribution is -0.118. The van der Waals surface area contributed by atoms with Crippen LogP contribution in [0.5, 0.6) is 5.75 Å². The quantitative estimate of drug-likeness (QED) is 0.863. The molecule has 0 aliphatic carbocycles. The summed E-state index contributed by atoms with van der Waals surface area (Å²) >= 11 is 0. The van der Waals surface area contributed by atoms with Crippen molar-refractivity contribution in [1.29, 1.82) is 0 Å². The summed E-state index contributed by atoms with van der Waals surface area (Å²) in [4.78, 5) is 23.2. The topological polar surface area (TPSA) is 55.4 Å². The third kappa shape index (κ3) is 3.88. The van der Waals surface area contributed by atoms with E-state index in [0.717, 1.165) is 12.1 Å². The second-order valence-electron chi connectivity index (χ2n) is 4.51. The highest BCUT2D eigenvalue weighted by Crippen LogP contribution is 2.18. The van der Waals surface area contributed by atoms with Crippen LogP contribution in [-0.2, 0) is 4.79 Å². The highest BCUT2D eigenvalue weighted by molar-refractivity contribution is 6.03.